The maximum absolute atomic E-state index is 6.58. The second-order valence-corrected chi connectivity index (χ2v) is 9.78. The van der Waals surface area contributed by atoms with Crippen molar-refractivity contribution in [2.45, 2.75) is 39.5 Å². The van der Waals surface area contributed by atoms with E-state index in [0.717, 1.165) is 67.5 Å². The first-order valence-corrected chi connectivity index (χ1v) is 12.6. The third kappa shape index (κ3) is 4.42. The maximum atomic E-state index is 6.58. The summed E-state index contributed by atoms with van der Waals surface area (Å²) in [5.41, 5.74) is 7.10. The van der Waals surface area contributed by atoms with Gasteiger partial charge in [-0.1, -0.05) is 54.9 Å². The highest BCUT2D eigenvalue weighted by atomic mass is 35.5. The first-order chi connectivity index (χ1) is 16.5. The molecule has 5 rings (SSSR count). The van der Waals surface area contributed by atoms with E-state index in [1.165, 1.54) is 16.7 Å². The fraction of sp³-hybridized carbons (Fsp3) is 0.357. The van der Waals surface area contributed by atoms with Crippen LogP contribution >= 0.6 is 11.6 Å². The minimum atomic E-state index is 0.520. The molecule has 1 aliphatic carbocycles. The van der Waals surface area contributed by atoms with E-state index < -0.39 is 0 Å². The van der Waals surface area contributed by atoms with Crippen LogP contribution in [0.3, 0.4) is 0 Å². The number of aromatic nitrogens is 2. The van der Waals surface area contributed by atoms with Crippen LogP contribution in [0.1, 0.15) is 49.3 Å². The molecule has 0 saturated carbocycles. The second kappa shape index (κ2) is 9.77. The Hall–Kier alpha value is -2.89. The topological polar surface area (TPSA) is 53.1 Å². The van der Waals surface area contributed by atoms with Gasteiger partial charge in [-0.15, -0.1) is 0 Å². The van der Waals surface area contributed by atoms with Crippen molar-refractivity contribution in [3.63, 3.8) is 0 Å². The summed E-state index contributed by atoms with van der Waals surface area (Å²) in [4.78, 5) is 12.4. The van der Waals surface area contributed by atoms with E-state index in [4.69, 9.17) is 21.6 Å². The Morgan fingerprint density at radius 3 is 2.44 bits per heavy atom. The molecule has 3 aromatic rings. The van der Waals surface area contributed by atoms with Crippen molar-refractivity contribution in [2.75, 3.05) is 36.4 Å². The second-order valence-electron chi connectivity index (χ2n) is 9.37. The first-order valence-electron chi connectivity index (χ1n) is 12.2. The average molecular weight is 474 g/mol. The lowest BCUT2D eigenvalue weighted by molar-refractivity contribution is 0.584. The molecule has 0 spiro atoms. The van der Waals surface area contributed by atoms with Crippen LogP contribution in [-0.2, 0) is 0 Å². The van der Waals surface area contributed by atoms with Gasteiger partial charge in [0.25, 0.3) is 0 Å². The minimum absolute atomic E-state index is 0.520. The van der Waals surface area contributed by atoms with Crippen molar-refractivity contribution < 1.29 is 0 Å². The normalized spacial score (nSPS) is 18.5. The number of piperazine rings is 1. The minimum Gasteiger partial charge on any atom is -0.354 e. The summed E-state index contributed by atoms with van der Waals surface area (Å²) in [6, 6.07) is 16.6. The number of fused-ring (bicyclic) bond motifs is 1. The zero-order valence-electron chi connectivity index (χ0n) is 20.2. The van der Waals surface area contributed by atoms with E-state index in [1.54, 1.807) is 0 Å². The fourth-order valence-corrected chi connectivity index (χ4v) is 5.18. The summed E-state index contributed by atoms with van der Waals surface area (Å²) in [7, 11) is 0. The van der Waals surface area contributed by atoms with Gasteiger partial charge in [0.05, 0.1) is 5.02 Å². The zero-order chi connectivity index (χ0) is 23.7. The van der Waals surface area contributed by atoms with Crippen molar-refractivity contribution in [1.29, 1.82) is 0 Å². The SMILES string of the molecule is CC1=C(Nc2nc(-c3ccccc3Cl)nc(N3CCNCC3)c2C)c2ccccc2C(C)CC1. The molecule has 0 amide bonds. The highest BCUT2D eigenvalue weighted by Gasteiger charge is 2.24. The molecule has 2 N–H and O–H groups in total. The summed E-state index contributed by atoms with van der Waals surface area (Å²) in [5.74, 6) is 2.99. The summed E-state index contributed by atoms with van der Waals surface area (Å²) in [5, 5.41) is 7.87. The van der Waals surface area contributed by atoms with E-state index in [0.29, 0.717) is 16.8 Å². The zero-order valence-corrected chi connectivity index (χ0v) is 20.9. The molecule has 1 aliphatic heterocycles. The lowest BCUT2D eigenvalue weighted by atomic mass is 9.94. The highest BCUT2D eigenvalue weighted by Crippen LogP contribution is 2.38. The van der Waals surface area contributed by atoms with Gasteiger partial charge < -0.3 is 15.5 Å². The quantitative estimate of drug-likeness (QED) is 0.468. The van der Waals surface area contributed by atoms with Crippen molar-refractivity contribution >= 4 is 28.9 Å². The van der Waals surface area contributed by atoms with E-state index >= 15 is 0 Å². The van der Waals surface area contributed by atoms with Gasteiger partial charge in [0, 0.05) is 48.6 Å². The predicted molar refractivity (Wildman–Crippen MR) is 143 cm³/mol. The van der Waals surface area contributed by atoms with Crippen LogP contribution in [-0.4, -0.2) is 36.1 Å². The first kappa shape index (κ1) is 22.9. The number of hydrogen-bond donors (Lipinski definition) is 2. The largest absolute Gasteiger partial charge is 0.354 e. The van der Waals surface area contributed by atoms with E-state index in [9.17, 15) is 0 Å². The van der Waals surface area contributed by atoms with Crippen molar-refractivity contribution in [2.24, 2.45) is 0 Å². The van der Waals surface area contributed by atoms with Crippen molar-refractivity contribution in [3.8, 4) is 11.4 Å². The molecule has 34 heavy (non-hydrogen) atoms. The lowest BCUT2D eigenvalue weighted by Crippen LogP contribution is -2.44. The molecule has 2 aliphatic rings. The third-order valence-electron chi connectivity index (χ3n) is 7.03. The average Bonchev–Trinajstić information content (AvgIpc) is 2.98. The molecule has 1 atom stereocenters. The Bertz CT molecular complexity index is 1230. The maximum Gasteiger partial charge on any atom is 0.165 e. The van der Waals surface area contributed by atoms with Crippen molar-refractivity contribution in [3.05, 3.63) is 75.8 Å². The van der Waals surface area contributed by atoms with E-state index in [1.807, 2.05) is 24.3 Å². The molecule has 0 radical (unpaired) electrons. The van der Waals surface area contributed by atoms with Gasteiger partial charge in [-0.05, 0) is 55.9 Å². The van der Waals surface area contributed by atoms with Gasteiger partial charge in [0.2, 0.25) is 0 Å². The molecule has 1 aromatic heterocycles. The summed E-state index contributed by atoms with van der Waals surface area (Å²) >= 11 is 6.58. The lowest BCUT2D eigenvalue weighted by Gasteiger charge is -2.30. The molecule has 6 heteroatoms. The fourth-order valence-electron chi connectivity index (χ4n) is 4.96. The van der Waals surface area contributed by atoms with Crippen LogP contribution in [0, 0.1) is 6.92 Å². The van der Waals surface area contributed by atoms with Gasteiger partial charge >= 0.3 is 0 Å². The molecule has 5 nitrogen and oxygen atoms in total. The summed E-state index contributed by atoms with van der Waals surface area (Å²) in [6.45, 7) is 10.4. The highest BCUT2D eigenvalue weighted by molar-refractivity contribution is 6.33. The number of halogens is 1. The Morgan fingerprint density at radius 1 is 0.971 bits per heavy atom. The van der Waals surface area contributed by atoms with Crippen LogP contribution < -0.4 is 15.5 Å². The number of allylic oxidation sites excluding steroid dienone is 1. The number of rotatable bonds is 4. The number of benzene rings is 2. The number of hydrogen-bond acceptors (Lipinski definition) is 5. The van der Waals surface area contributed by atoms with E-state index in [-0.39, 0.29) is 0 Å². The van der Waals surface area contributed by atoms with Crippen LogP contribution in [0.2, 0.25) is 5.02 Å². The van der Waals surface area contributed by atoms with Crippen LogP contribution in [0.25, 0.3) is 17.1 Å². The molecule has 2 aromatic carbocycles. The molecule has 1 saturated heterocycles. The van der Waals surface area contributed by atoms with E-state index in [2.05, 4.69) is 60.6 Å². The van der Waals surface area contributed by atoms with Crippen LogP contribution in [0.4, 0.5) is 11.6 Å². The summed E-state index contributed by atoms with van der Waals surface area (Å²) in [6.07, 6.45) is 2.21. The number of anilines is 2. The summed E-state index contributed by atoms with van der Waals surface area (Å²) < 4.78 is 0. The van der Waals surface area contributed by atoms with Crippen molar-refractivity contribution in [1.82, 2.24) is 15.3 Å². The molecular formula is C28H32ClN5. The Balaban J connectivity index is 1.64. The molecule has 2 heterocycles. The monoisotopic (exact) mass is 473 g/mol. The number of nitrogens with zero attached hydrogens (tertiary/aromatic N) is 3. The van der Waals surface area contributed by atoms with Gasteiger partial charge in [0.15, 0.2) is 5.82 Å². The molecule has 0 bridgehead atoms. The van der Waals surface area contributed by atoms with Gasteiger partial charge in [-0.25, -0.2) is 9.97 Å². The van der Waals surface area contributed by atoms with Crippen LogP contribution in [0.15, 0.2) is 54.1 Å². The molecule has 1 unspecified atom stereocenters. The Morgan fingerprint density at radius 2 is 1.68 bits per heavy atom. The van der Waals surface area contributed by atoms with Gasteiger partial charge in [-0.2, -0.15) is 0 Å². The molecule has 1 fully saturated rings. The smallest absolute Gasteiger partial charge is 0.165 e. The third-order valence-corrected chi connectivity index (χ3v) is 7.36. The molecular weight excluding hydrogens is 442 g/mol. The standard InChI is InChI=1S/C28H32ClN5/c1-18-12-13-19(2)25(22-9-5-4-8-21(18)22)31-26-20(3)28(34-16-14-30-15-17-34)33-27(32-26)23-10-6-7-11-24(23)29/h4-11,18,30H,12-17H2,1-3H3,(H,31,32,33). The van der Waals surface area contributed by atoms with Gasteiger partial charge in [-0.3, -0.25) is 0 Å². The molecule has 176 valence electrons. The Kier molecular flexibility index (Phi) is 6.57. The Labute approximate surface area is 207 Å². The van der Waals surface area contributed by atoms with Crippen LogP contribution in [0.5, 0.6) is 0 Å². The predicted octanol–water partition coefficient (Wildman–Crippen LogP) is 6.26. The van der Waals surface area contributed by atoms with Gasteiger partial charge in [0.1, 0.15) is 11.6 Å². The number of nitrogens with one attached hydrogen (secondary N) is 2.